The van der Waals surface area contributed by atoms with Gasteiger partial charge in [0.05, 0.1) is 13.2 Å². The predicted molar refractivity (Wildman–Crippen MR) is 102 cm³/mol. The van der Waals surface area contributed by atoms with Gasteiger partial charge < -0.3 is 19.7 Å². The molecule has 0 aromatic heterocycles. The summed E-state index contributed by atoms with van der Waals surface area (Å²) in [6.45, 7) is 11.7. The molecule has 0 aliphatic carbocycles. The number of amides is 2. The number of hydrogen-bond donors (Lipinski definition) is 2. The molecule has 0 saturated carbocycles. The SMILES string of the molecule is CCOP(=O)(OCC)C(C)(CC(C)C)NC(=O)Nc1ccc(C)cc1. The van der Waals surface area contributed by atoms with Crippen LogP contribution in [0.25, 0.3) is 0 Å². The lowest BCUT2D eigenvalue weighted by atomic mass is 10.0. The van der Waals surface area contributed by atoms with E-state index in [4.69, 9.17) is 9.05 Å². The molecule has 0 radical (unpaired) electrons. The van der Waals surface area contributed by atoms with Gasteiger partial charge in [-0.3, -0.25) is 4.57 Å². The van der Waals surface area contributed by atoms with E-state index >= 15 is 0 Å². The molecule has 142 valence electrons. The van der Waals surface area contributed by atoms with Crippen molar-refractivity contribution < 1.29 is 18.4 Å². The molecule has 2 amide bonds. The van der Waals surface area contributed by atoms with Gasteiger partial charge in [-0.05, 0) is 52.2 Å². The zero-order valence-corrected chi connectivity index (χ0v) is 17.0. The van der Waals surface area contributed by atoms with Crippen LogP contribution in [0.3, 0.4) is 0 Å². The van der Waals surface area contributed by atoms with Crippen molar-refractivity contribution in [2.45, 2.75) is 53.2 Å². The molecule has 0 fully saturated rings. The van der Waals surface area contributed by atoms with Crippen LogP contribution < -0.4 is 10.6 Å². The number of urea groups is 1. The van der Waals surface area contributed by atoms with Crippen molar-refractivity contribution in [2.24, 2.45) is 5.92 Å². The Morgan fingerprint density at radius 3 is 2.12 bits per heavy atom. The van der Waals surface area contributed by atoms with E-state index in [-0.39, 0.29) is 19.1 Å². The summed E-state index contributed by atoms with van der Waals surface area (Å²) in [6, 6.07) is 7.02. The second-order valence-corrected chi connectivity index (χ2v) is 9.15. The van der Waals surface area contributed by atoms with Crippen LogP contribution in [0.5, 0.6) is 0 Å². The molecule has 7 heteroatoms. The second-order valence-electron chi connectivity index (χ2n) is 6.65. The Labute approximate surface area is 151 Å². The fourth-order valence-corrected chi connectivity index (χ4v) is 4.88. The van der Waals surface area contributed by atoms with E-state index in [1.807, 2.05) is 45.0 Å². The molecule has 1 aromatic rings. The monoisotopic (exact) mass is 370 g/mol. The van der Waals surface area contributed by atoms with Crippen LogP contribution in [-0.4, -0.2) is 24.5 Å². The van der Waals surface area contributed by atoms with E-state index in [0.717, 1.165) is 5.56 Å². The summed E-state index contributed by atoms with van der Waals surface area (Å²) in [5.41, 5.74) is 1.77. The van der Waals surface area contributed by atoms with Gasteiger partial charge in [0.2, 0.25) is 0 Å². The van der Waals surface area contributed by atoms with Crippen molar-refractivity contribution in [3.8, 4) is 0 Å². The van der Waals surface area contributed by atoms with Crippen molar-refractivity contribution in [1.82, 2.24) is 5.32 Å². The largest absolute Gasteiger partial charge is 0.355 e. The van der Waals surface area contributed by atoms with Crippen LogP contribution in [-0.2, 0) is 13.6 Å². The van der Waals surface area contributed by atoms with Gasteiger partial charge in [0.1, 0.15) is 5.28 Å². The van der Waals surface area contributed by atoms with Gasteiger partial charge in [0.25, 0.3) is 0 Å². The van der Waals surface area contributed by atoms with Crippen LogP contribution in [0.1, 0.15) is 46.6 Å². The minimum atomic E-state index is -3.53. The average molecular weight is 370 g/mol. The minimum Gasteiger partial charge on any atom is -0.321 e. The van der Waals surface area contributed by atoms with E-state index in [1.54, 1.807) is 20.8 Å². The van der Waals surface area contributed by atoms with Crippen molar-refractivity contribution >= 4 is 19.3 Å². The van der Waals surface area contributed by atoms with E-state index in [1.165, 1.54) is 0 Å². The molecule has 0 aliphatic heterocycles. The van der Waals surface area contributed by atoms with E-state index < -0.39 is 18.9 Å². The van der Waals surface area contributed by atoms with E-state index in [2.05, 4.69) is 10.6 Å². The highest BCUT2D eigenvalue weighted by Gasteiger charge is 2.48. The third-order valence-corrected chi connectivity index (χ3v) is 6.40. The van der Waals surface area contributed by atoms with Crippen molar-refractivity contribution in [1.29, 1.82) is 0 Å². The first kappa shape index (κ1) is 21.7. The maximum atomic E-state index is 13.3. The number of rotatable bonds is 9. The Bertz CT molecular complexity index is 594. The first-order valence-corrected chi connectivity index (χ1v) is 10.2. The Balaban J connectivity index is 3.01. The Hall–Kier alpha value is -1.36. The molecule has 1 unspecified atom stereocenters. The number of carbonyl (C=O) groups excluding carboxylic acids is 1. The zero-order valence-electron chi connectivity index (χ0n) is 16.1. The number of aryl methyl sites for hydroxylation is 1. The maximum absolute atomic E-state index is 13.3. The molecule has 0 aliphatic rings. The lowest BCUT2D eigenvalue weighted by Gasteiger charge is -2.37. The molecule has 0 saturated heterocycles. The van der Waals surface area contributed by atoms with Gasteiger partial charge in [0, 0.05) is 5.69 Å². The molecule has 2 N–H and O–H groups in total. The topological polar surface area (TPSA) is 76.7 Å². The lowest BCUT2D eigenvalue weighted by Crippen LogP contribution is -2.49. The summed E-state index contributed by atoms with van der Waals surface area (Å²) in [7, 11) is -3.53. The summed E-state index contributed by atoms with van der Waals surface area (Å²) in [5.74, 6) is 0.193. The van der Waals surface area contributed by atoms with E-state index in [0.29, 0.717) is 12.1 Å². The molecule has 1 aromatic carbocycles. The molecular formula is C18H31N2O4P. The predicted octanol–water partition coefficient (Wildman–Crippen LogP) is 5.14. The smallest absolute Gasteiger partial charge is 0.321 e. The third-order valence-electron chi connectivity index (χ3n) is 3.70. The highest BCUT2D eigenvalue weighted by Crippen LogP contribution is 2.60. The molecule has 0 bridgehead atoms. The van der Waals surface area contributed by atoms with Crippen LogP contribution in [0, 0.1) is 12.8 Å². The normalized spacial score (nSPS) is 14.2. The van der Waals surface area contributed by atoms with Gasteiger partial charge in [-0.1, -0.05) is 31.5 Å². The van der Waals surface area contributed by atoms with E-state index in [9.17, 15) is 9.36 Å². The van der Waals surface area contributed by atoms with Crippen LogP contribution in [0.4, 0.5) is 10.5 Å². The number of hydrogen-bond acceptors (Lipinski definition) is 4. The first-order valence-electron chi connectivity index (χ1n) is 8.70. The zero-order chi connectivity index (χ0) is 19.1. The fraction of sp³-hybridized carbons (Fsp3) is 0.611. The van der Waals surface area contributed by atoms with Gasteiger partial charge in [-0.2, -0.15) is 0 Å². The molecule has 0 heterocycles. The molecule has 1 rings (SSSR count). The molecule has 6 nitrogen and oxygen atoms in total. The average Bonchev–Trinajstić information content (AvgIpc) is 2.49. The lowest BCUT2D eigenvalue weighted by molar-refractivity contribution is 0.180. The summed E-state index contributed by atoms with van der Waals surface area (Å²) >= 11 is 0. The van der Waals surface area contributed by atoms with Crippen molar-refractivity contribution in [3.63, 3.8) is 0 Å². The first-order chi connectivity index (χ1) is 11.7. The van der Waals surface area contributed by atoms with Gasteiger partial charge in [0.15, 0.2) is 0 Å². The number of benzene rings is 1. The summed E-state index contributed by atoms with van der Waals surface area (Å²) in [6.07, 6.45) is 0.464. The number of nitrogens with one attached hydrogen (secondary N) is 2. The summed E-state index contributed by atoms with van der Waals surface area (Å²) < 4.78 is 24.3. The standard InChI is InChI=1S/C18H31N2O4P/c1-7-23-25(22,24-8-2)18(6,13-14(3)4)20-17(21)19-16-11-9-15(5)10-12-16/h9-12,14H,7-8,13H2,1-6H3,(H2,19,20,21). The van der Waals surface area contributed by atoms with Crippen LogP contribution in [0.2, 0.25) is 0 Å². The molecular weight excluding hydrogens is 339 g/mol. The quantitative estimate of drug-likeness (QED) is 0.590. The fourth-order valence-electron chi connectivity index (χ4n) is 2.73. The Kier molecular flexibility index (Phi) is 8.13. The molecule has 0 spiro atoms. The third kappa shape index (κ3) is 6.14. The second kappa shape index (κ2) is 9.37. The Morgan fingerprint density at radius 2 is 1.68 bits per heavy atom. The van der Waals surface area contributed by atoms with Crippen molar-refractivity contribution in [2.75, 3.05) is 18.5 Å². The summed E-state index contributed by atoms with van der Waals surface area (Å²) in [4.78, 5) is 12.5. The Morgan fingerprint density at radius 1 is 1.16 bits per heavy atom. The number of anilines is 1. The maximum Gasteiger partial charge on any atom is 0.355 e. The van der Waals surface area contributed by atoms with Crippen LogP contribution in [0.15, 0.2) is 24.3 Å². The highest BCUT2D eigenvalue weighted by atomic mass is 31.2. The van der Waals surface area contributed by atoms with Gasteiger partial charge in [-0.25, -0.2) is 4.79 Å². The van der Waals surface area contributed by atoms with Crippen molar-refractivity contribution in [3.05, 3.63) is 29.8 Å². The van der Waals surface area contributed by atoms with Gasteiger partial charge in [-0.15, -0.1) is 0 Å². The summed E-state index contributed by atoms with van der Waals surface area (Å²) in [5, 5.41) is 4.48. The molecule has 25 heavy (non-hydrogen) atoms. The van der Waals surface area contributed by atoms with Gasteiger partial charge >= 0.3 is 13.6 Å². The highest BCUT2D eigenvalue weighted by molar-refractivity contribution is 7.55. The minimum absolute atomic E-state index is 0.193. The molecule has 1 atom stereocenters. The number of carbonyl (C=O) groups is 1. The van der Waals surface area contributed by atoms with Crippen LogP contribution >= 0.6 is 7.60 Å².